The van der Waals surface area contributed by atoms with Crippen molar-refractivity contribution in [1.82, 2.24) is 23.6 Å². The van der Waals surface area contributed by atoms with Gasteiger partial charge >= 0.3 is 5.69 Å². The van der Waals surface area contributed by atoms with Gasteiger partial charge in [0, 0.05) is 27.2 Å². The van der Waals surface area contributed by atoms with Crippen LogP contribution >= 0.6 is 0 Å². The first-order valence-corrected chi connectivity index (χ1v) is 10.1. The molecule has 0 unspecified atom stereocenters. The lowest BCUT2D eigenvalue weighted by Gasteiger charge is -2.17. The minimum atomic E-state index is -0.893. The van der Waals surface area contributed by atoms with Crippen LogP contribution in [-0.4, -0.2) is 68.6 Å². The van der Waals surface area contributed by atoms with Crippen LogP contribution in [0.3, 0.4) is 0 Å². The summed E-state index contributed by atoms with van der Waals surface area (Å²) in [7, 11) is 6.91. The minimum Gasteiger partial charge on any atom is -0.491 e. The number of hydrogen-bond donors (Lipinski definition) is 2. The number of aromatic nitrogens is 4. The summed E-state index contributed by atoms with van der Waals surface area (Å²) in [6.45, 7) is 3.45. The summed E-state index contributed by atoms with van der Waals surface area (Å²) in [6.07, 6.45) is -0.893. The molecule has 1 aromatic carbocycles. The van der Waals surface area contributed by atoms with Gasteiger partial charge in [-0.1, -0.05) is 17.7 Å². The van der Waals surface area contributed by atoms with Crippen LogP contribution in [0.4, 0.5) is 5.95 Å². The van der Waals surface area contributed by atoms with Gasteiger partial charge in [0.2, 0.25) is 5.95 Å². The third-order valence-corrected chi connectivity index (χ3v) is 5.05. The molecule has 3 rings (SSSR count). The van der Waals surface area contributed by atoms with Crippen molar-refractivity contribution >= 4 is 17.1 Å². The zero-order valence-corrected chi connectivity index (χ0v) is 18.6. The van der Waals surface area contributed by atoms with E-state index in [9.17, 15) is 14.7 Å². The topological polar surface area (TPSA) is 107 Å². The van der Waals surface area contributed by atoms with Crippen molar-refractivity contribution in [3.8, 4) is 5.75 Å². The van der Waals surface area contributed by atoms with Gasteiger partial charge in [-0.25, -0.2) is 4.79 Å². The standard InChI is InChI=1S/C21H30N6O4/c1-14-6-8-16(9-7-14)31-13-15(28)12-27-17-18(23-20(27)22-10-11-24(2)3)25(4)21(30)26(5)19(17)29/h6-9,15,28H,10-13H2,1-5H3,(H,22,23)/t15-/m0/s1. The molecule has 1 atom stereocenters. The summed E-state index contributed by atoms with van der Waals surface area (Å²) in [4.78, 5) is 31.7. The molecule has 2 heterocycles. The van der Waals surface area contributed by atoms with E-state index in [2.05, 4.69) is 10.3 Å². The van der Waals surface area contributed by atoms with Crippen LogP contribution < -0.4 is 21.3 Å². The highest BCUT2D eigenvalue weighted by Crippen LogP contribution is 2.17. The summed E-state index contributed by atoms with van der Waals surface area (Å²) in [5.41, 5.74) is 0.731. The molecule has 10 heteroatoms. The molecule has 2 N–H and O–H groups in total. The van der Waals surface area contributed by atoms with Crippen LogP contribution in [0.2, 0.25) is 0 Å². The Hall–Kier alpha value is -3.11. The summed E-state index contributed by atoms with van der Waals surface area (Å²) in [6, 6.07) is 7.55. The molecule has 0 aliphatic carbocycles. The number of nitrogens with zero attached hydrogens (tertiary/aromatic N) is 5. The largest absolute Gasteiger partial charge is 0.491 e. The van der Waals surface area contributed by atoms with Crippen molar-refractivity contribution in [1.29, 1.82) is 0 Å². The van der Waals surface area contributed by atoms with E-state index in [0.717, 1.165) is 16.7 Å². The molecule has 0 saturated heterocycles. The lowest BCUT2D eigenvalue weighted by atomic mass is 10.2. The summed E-state index contributed by atoms with van der Waals surface area (Å²) in [5.74, 6) is 1.08. The second-order valence-electron chi connectivity index (χ2n) is 7.93. The van der Waals surface area contributed by atoms with Crippen LogP contribution in [0, 0.1) is 6.92 Å². The summed E-state index contributed by atoms with van der Waals surface area (Å²) in [5, 5.41) is 13.8. The highest BCUT2D eigenvalue weighted by atomic mass is 16.5. The number of fused-ring (bicyclic) bond motifs is 1. The first-order valence-electron chi connectivity index (χ1n) is 10.1. The van der Waals surface area contributed by atoms with Crippen molar-refractivity contribution in [3.05, 3.63) is 50.7 Å². The Morgan fingerprint density at radius 1 is 1.16 bits per heavy atom. The second-order valence-corrected chi connectivity index (χ2v) is 7.93. The smallest absolute Gasteiger partial charge is 0.332 e. The van der Waals surface area contributed by atoms with Gasteiger partial charge in [-0.2, -0.15) is 4.98 Å². The Labute approximate surface area is 180 Å². The normalized spacial score (nSPS) is 12.5. The maximum absolute atomic E-state index is 12.9. The number of likely N-dealkylation sites (N-methyl/N-ethyl adjacent to an activating group) is 1. The molecule has 0 aliphatic heterocycles. The Bertz CT molecular complexity index is 1160. The van der Waals surface area contributed by atoms with E-state index in [4.69, 9.17) is 4.74 Å². The van der Waals surface area contributed by atoms with Gasteiger partial charge < -0.3 is 24.6 Å². The molecule has 10 nitrogen and oxygen atoms in total. The predicted molar refractivity (Wildman–Crippen MR) is 120 cm³/mol. The lowest BCUT2D eigenvalue weighted by molar-refractivity contribution is 0.0938. The fourth-order valence-corrected chi connectivity index (χ4v) is 3.24. The van der Waals surface area contributed by atoms with E-state index in [1.807, 2.05) is 50.2 Å². The molecular weight excluding hydrogens is 400 g/mol. The molecule has 0 aliphatic rings. The monoisotopic (exact) mass is 430 g/mol. The third-order valence-electron chi connectivity index (χ3n) is 5.05. The average molecular weight is 431 g/mol. The van der Waals surface area contributed by atoms with Crippen molar-refractivity contribution in [2.24, 2.45) is 14.1 Å². The highest BCUT2D eigenvalue weighted by Gasteiger charge is 2.21. The van der Waals surface area contributed by atoms with Gasteiger partial charge in [-0.3, -0.25) is 13.9 Å². The van der Waals surface area contributed by atoms with Crippen molar-refractivity contribution in [2.75, 3.05) is 39.1 Å². The maximum atomic E-state index is 12.9. The van der Waals surface area contributed by atoms with E-state index < -0.39 is 17.4 Å². The van der Waals surface area contributed by atoms with E-state index >= 15 is 0 Å². The Morgan fingerprint density at radius 2 is 1.84 bits per heavy atom. The molecule has 0 saturated carbocycles. The van der Waals surface area contributed by atoms with Gasteiger partial charge in [-0.05, 0) is 33.2 Å². The molecule has 3 aromatic rings. The van der Waals surface area contributed by atoms with E-state index in [1.165, 1.54) is 11.6 Å². The zero-order valence-electron chi connectivity index (χ0n) is 18.6. The van der Waals surface area contributed by atoms with Crippen LogP contribution in [0.1, 0.15) is 5.56 Å². The van der Waals surface area contributed by atoms with Crippen molar-refractivity contribution < 1.29 is 9.84 Å². The molecular formula is C21H30N6O4. The number of aliphatic hydroxyl groups excluding tert-OH is 1. The number of imidazole rings is 1. The Balaban J connectivity index is 1.90. The number of benzene rings is 1. The predicted octanol–water partition coefficient (Wildman–Crippen LogP) is 0.156. The fraction of sp³-hybridized carbons (Fsp3) is 0.476. The van der Waals surface area contributed by atoms with Gasteiger partial charge in [-0.15, -0.1) is 0 Å². The summed E-state index contributed by atoms with van der Waals surface area (Å²) < 4.78 is 9.68. The number of rotatable bonds is 9. The van der Waals surface area contributed by atoms with Crippen LogP contribution in [0.15, 0.2) is 33.9 Å². The van der Waals surface area contributed by atoms with E-state index in [1.54, 1.807) is 11.6 Å². The third kappa shape index (κ3) is 4.97. The number of ether oxygens (including phenoxy) is 1. The van der Waals surface area contributed by atoms with E-state index in [0.29, 0.717) is 18.2 Å². The number of nitrogens with one attached hydrogen (secondary N) is 1. The van der Waals surface area contributed by atoms with Gasteiger partial charge in [0.1, 0.15) is 18.5 Å². The van der Waals surface area contributed by atoms with Gasteiger partial charge in [0.25, 0.3) is 5.56 Å². The molecule has 0 bridgehead atoms. The van der Waals surface area contributed by atoms with Gasteiger partial charge in [0.05, 0.1) is 6.54 Å². The lowest BCUT2D eigenvalue weighted by Crippen LogP contribution is -2.38. The second kappa shape index (κ2) is 9.36. The number of aryl methyl sites for hydroxylation is 2. The van der Waals surface area contributed by atoms with Crippen LogP contribution in [0.25, 0.3) is 11.2 Å². The molecule has 0 spiro atoms. The Morgan fingerprint density at radius 3 is 2.48 bits per heavy atom. The van der Waals surface area contributed by atoms with Crippen LogP contribution in [0.5, 0.6) is 5.75 Å². The average Bonchev–Trinajstić information content (AvgIpc) is 3.08. The van der Waals surface area contributed by atoms with Crippen molar-refractivity contribution in [3.63, 3.8) is 0 Å². The number of aliphatic hydroxyl groups is 1. The van der Waals surface area contributed by atoms with E-state index in [-0.39, 0.29) is 24.3 Å². The maximum Gasteiger partial charge on any atom is 0.332 e. The Kier molecular flexibility index (Phi) is 6.81. The van der Waals surface area contributed by atoms with Crippen LogP contribution in [-0.2, 0) is 20.6 Å². The first kappa shape index (κ1) is 22.6. The minimum absolute atomic E-state index is 0.0476. The number of anilines is 1. The quantitative estimate of drug-likeness (QED) is 0.498. The SMILES string of the molecule is Cc1ccc(OC[C@@H](O)Cn2c(NCCN(C)C)nc3c2c(=O)n(C)c(=O)n3C)cc1. The van der Waals surface area contributed by atoms with Gasteiger partial charge in [0.15, 0.2) is 11.2 Å². The first-order chi connectivity index (χ1) is 14.7. The zero-order chi connectivity index (χ0) is 22.7. The molecule has 0 fully saturated rings. The molecule has 2 aromatic heterocycles. The summed E-state index contributed by atoms with van der Waals surface area (Å²) >= 11 is 0. The fourth-order valence-electron chi connectivity index (χ4n) is 3.24. The number of hydrogen-bond acceptors (Lipinski definition) is 7. The molecule has 31 heavy (non-hydrogen) atoms. The van der Waals surface area contributed by atoms with Crippen molar-refractivity contribution in [2.45, 2.75) is 19.6 Å². The molecule has 0 amide bonds. The molecule has 168 valence electrons. The molecule has 0 radical (unpaired) electrons. The highest BCUT2D eigenvalue weighted by molar-refractivity contribution is 5.74.